The molecule has 1 atom stereocenters. The Bertz CT molecular complexity index is 1440. The zero-order valence-corrected chi connectivity index (χ0v) is 24.0. The average molecular weight is 594 g/mol. The number of hydrogen-bond donors (Lipinski definition) is 1. The molecule has 5 rings (SSSR count). The lowest BCUT2D eigenvalue weighted by Crippen LogP contribution is -2.32. The topological polar surface area (TPSA) is 102 Å². The maximum atomic E-state index is 13.6. The monoisotopic (exact) mass is 593 g/mol. The molecule has 2 aliphatic heterocycles. The predicted octanol–water partition coefficient (Wildman–Crippen LogP) is 5.31. The smallest absolute Gasteiger partial charge is 0.257 e. The summed E-state index contributed by atoms with van der Waals surface area (Å²) in [7, 11) is -1.67. The Morgan fingerprint density at radius 3 is 2.26 bits per heavy atom. The summed E-state index contributed by atoms with van der Waals surface area (Å²) < 4.78 is 54.8. The van der Waals surface area contributed by atoms with E-state index in [2.05, 4.69) is 19.4 Å². The van der Waals surface area contributed by atoms with Crippen LogP contribution < -0.4 is 15.3 Å². The lowest BCUT2D eigenvalue weighted by Gasteiger charge is -2.30. The van der Waals surface area contributed by atoms with Crippen LogP contribution in [-0.2, 0) is 11.0 Å². The fraction of sp³-hybridized carbons (Fsp3) is 0.323. The Hall–Kier alpha value is -3.96. The van der Waals surface area contributed by atoms with Gasteiger partial charge in [-0.05, 0) is 79.6 Å². The number of hydrogen-bond acceptors (Lipinski definition) is 7. The van der Waals surface area contributed by atoms with Crippen LogP contribution in [-0.4, -0.2) is 58.9 Å². The molecule has 8 nitrogen and oxygen atoms in total. The highest BCUT2D eigenvalue weighted by Gasteiger charge is 2.19. The van der Waals surface area contributed by atoms with Crippen molar-refractivity contribution in [1.82, 2.24) is 9.88 Å². The minimum atomic E-state index is -1.67. The van der Waals surface area contributed by atoms with E-state index >= 15 is 0 Å². The molecule has 3 heterocycles. The van der Waals surface area contributed by atoms with Crippen molar-refractivity contribution < 1.29 is 22.5 Å². The third-order valence-electron chi connectivity index (χ3n) is 7.27. The zero-order valence-electron chi connectivity index (χ0n) is 23.2. The number of aromatic nitrogens is 1. The minimum Gasteiger partial charge on any atom is -0.484 e. The van der Waals surface area contributed by atoms with Crippen molar-refractivity contribution in [2.45, 2.75) is 37.0 Å². The number of ether oxygens (including phenoxy) is 2. The van der Waals surface area contributed by atoms with Gasteiger partial charge in [0, 0.05) is 25.4 Å². The molecule has 1 aromatic heterocycles. The van der Waals surface area contributed by atoms with Crippen LogP contribution in [0.2, 0.25) is 0 Å². The highest BCUT2D eigenvalue weighted by atomic mass is 32.2. The predicted molar refractivity (Wildman–Crippen MR) is 160 cm³/mol. The van der Waals surface area contributed by atoms with E-state index in [-0.39, 0.29) is 11.6 Å². The molecule has 2 aliphatic rings. The summed E-state index contributed by atoms with van der Waals surface area (Å²) in [5.41, 5.74) is 4.79. The molecule has 0 spiro atoms. The van der Waals surface area contributed by atoms with Gasteiger partial charge in [-0.15, -0.1) is 0 Å². The van der Waals surface area contributed by atoms with Gasteiger partial charge >= 0.3 is 0 Å². The third-order valence-corrected chi connectivity index (χ3v) is 8.20. The molecule has 11 heteroatoms. The molecule has 1 fully saturated rings. The van der Waals surface area contributed by atoms with E-state index < -0.39 is 11.0 Å². The highest BCUT2D eigenvalue weighted by Crippen LogP contribution is 2.33. The summed E-state index contributed by atoms with van der Waals surface area (Å²) in [6, 6.07) is 14.6. The van der Waals surface area contributed by atoms with Gasteiger partial charge in [-0.1, -0.05) is 29.8 Å². The van der Waals surface area contributed by atoms with Crippen LogP contribution in [0.25, 0.3) is 5.57 Å². The van der Waals surface area contributed by atoms with Gasteiger partial charge in [-0.2, -0.15) is 9.50 Å². The molecule has 2 aromatic carbocycles. The van der Waals surface area contributed by atoms with Crippen LogP contribution in [0.3, 0.4) is 0 Å². The molecule has 0 radical (unpaired) electrons. The second kappa shape index (κ2) is 14.3. The first kappa shape index (κ1) is 29.5. The van der Waals surface area contributed by atoms with Gasteiger partial charge in [0.15, 0.2) is 16.7 Å². The van der Waals surface area contributed by atoms with Gasteiger partial charge < -0.3 is 20.2 Å². The molecule has 0 amide bonds. The van der Waals surface area contributed by atoms with Crippen LogP contribution in [0.15, 0.2) is 80.8 Å². The number of benzene rings is 2. The van der Waals surface area contributed by atoms with Crippen molar-refractivity contribution in [2.24, 2.45) is 15.3 Å². The highest BCUT2D eigenvalue weighted by molar-refractivity contribution is 7.83. The van der Waals surface area contributed by atoms with Gasteiger partial charge in [0.1, 0.15) is 24.8 Å². The number of fused-ring (bicyclic) bond motifs is 1. The van der Waals surface area contributed by atoms with Gasteiger partial charge in [-0.3, -0.25) is 0 Å². The number of pyridine rings is 1. The normalized spacial score (nSPS) is 16.5. The number of rotatable bonds is 10. The summed E-state index contributed by atoms with van der Waals surface area (Å²) in [4.78, 5) is 6.97. The lowest BCUT2D eigenvalue weighted by molar-refractivity contribution is 0.163. The van der Waals surface area contributed by atoms with Crippen LogP contribution in [0.1, 0.15) is 43.2 Å². The Morgan fingerprint density at radius 1 is 0.976 bits per heavy atom. The fourth-order valence-electron chi connectivity index (χ4n) is 5.09. The summed E-state index contributed by atoms with van der Waals surface area (Å²) >= 11 is 0. The van der Waals surface area contributed by atoms with E-state index in [1.165, 1.54) is 42.3 Å². The zero-order chi connectivity index (χ0) is 29.3. The first-order valence-corrected chi connectivity index (χ1v) is 15.1. The van der Waals surface area contributed by atoms with Crippen LogP contribution in [0, 0.1) is 11.6 Å². The van der Waals surface area contributed by atoms with Crippen molar-refractivity contribution >= 4 is 28.5 Å². The maximum Gasteiger partial charge on any atom is 0.257 e. The number of hydrazone groups is 1. The van der Waals surface area contributed by atoms with Gasteiger partial charge in [-0.25, -0.2) is 18.0 Å². The van der Waals surface area contributed by atoms with Crippen molar-refractivity contribution in [3.05, 3.63) is 89.1 Å². The SMILES string of the molecule is N/N=C(\C=N\S(=O)c1cnc2c(c1)OCCO2)CCCCN1CCC(=C(c2ccc(F)cc2)c2ccc(F)cc2)CC1. The number of halogens is 2. The minimum absolute atomic E-state index is 0.281. The second-order valence-electron chi connectivity index (χ2n) is 10.1. The summed E-state index contributed by atoms with van der Waals surface area (Å²) in [6.45, 7) is 3.59. The number of unbranched alkanes of at least 4 members (excludes halogenated alkanes) is 1. The molecule has 42 heavy (non-hydrogen) atoms. The van der Waals surface area contributed by atoms with E-state index in [0.29, 0.717) is 41.9 Å². The Labute approximate surface area is 246 Å². The summed E-state index contributed by atoms with van der Waals surface area (Å²) in [5, 5.41) is 3.81. The molecule has 0 bridgehead atoms. The lowest BCUT2D eigenvalue weighted by atomic mass is 9.88. The van der Waals surface area contributed by atoms with E-state index in [1.807, 2.05) is 0 Å². The number of nitrogens with two attached hydrogens (primary N) is 1. The Balaban J connectivity index is 1.11. The second-order valence-corrected chi connectivity index (χ2v) is 11.2. The average Bonchev–Trinajstić information content (AvgIpc) is 3.03. The Kier molecular flexibility index (Phi) is 10.0. The summed E-state index contributed by atoms with van der Waals surface area (Å²) in [5.74, 6) is 5.84. The molecule has 2 N–H and O–H groups in total. The third kappa shape index (κ3) is 7.65. The molecule has 0 aliphatic carbocycles. The molecule has 220 valence electrons. The van der Waals surface area contributed by atoms with Crippen molar-refractivity contribution in [2.75, 3.05) is 32.8 Å². The first-order valence-electron chi connectivity index (χ1n) is 13.9. The Morgan fingerprint density at radius 2 is 1.62 bits per heavy atom. The first-order chi connectivity index (χ1) is 20.5. The number of likely N-dealkylation sites (tertiary alicyclic amines) is 1. The van der Waals surface area contributed by atoms with E-state index in [1.54, 1.807) is 30.3 Å². The van der Waals surface area contributed by atoms with E-state index in [0.717, 1.165) is 62.0 Å². The van der Waals surface area contributed by atoms with E-state index in [9.17, 15) is 13.0 Å². The van der Waals surface area contributed by atoms with E-state index in [4.69, 9.17) is 15.3 Å². The van der Waals surface area contributed by atoms with Gasteiger partial charge in [0.25, 0.3) is 5.88 Å². The van der Waals surface area contributed by atoms with Crippen LogP contribution >= 0.6 is 0 Å². The fourth-order valence-corrected chi connectivity index (χ4v) is 5.78. The standard InChI is InChI=1S/C31H33F2N5O3S/c32-25-8-4-22(5-9-25)30(23-6-10-26(33)11-7-23)24-12-15-38(16-13-24)14-2-1-3-27(37-34)20-36-42(39)28-19-29-31(35-21-28)41-18-17-40-29/h4-11,19-21H,1-3,12-18,34H2/b36-20+,37-27-. The molecule has 3 aromatic rings. The van der Waals surface area contributed by atoms with Crippen LogP contribution in [0.5, 0.6) is 11.6 Å². The molecule has 0 saturated carbocycles. The molecule has 1 saturated heterocycles. The van der Waals surface area contributed by atoms with Crippen molar-refractivity contribution in [3.8, 4) is 11.6 Å². The quantitative estimate of drug-likeness (QED) is 0.148. The largest absolute Gasteiger partial charge is 0.484 e. The van der Waals surface area contributed by atoms with Crippen LogP contribution in [0.4, 0.5) is 8.78 Å². The molecular weight excluding hydrogens is 560 g/mol. The number of piperidine rings is 1. The van der Waals surface area contributed by atoms with Crippen molar-refractivity contribution in [1.29, 1.82) is 0 Å². The maximum absolute atomic E-state index is 13.6. The summed E-state index contributed by atoms with van der Waals surface area (Å²) in [6.07, 6.45) is 7.10. The molecular formula is C31H33F2N5O3S. The van der Waals surface area contributed by atoms with Gasteiger partial charge in [0.2, 0.25) is 0 Å². The molecule has 1 unspecified atom stereocenters. The van der Waals surface area contributed by atoms with Gasteiger partial charge in [0.05, 0.1) is 16.8 Å². The number of nitrogens with zero attached hydrogens (tertiary/aromatic N) is 4. The van der Waals surface area contributed by atoms with Crippen molar-refractivity contribution in [3.63, 3.8) is 0 Å².